The molecule has 3 rings (SSSR count). The zero-order valence-electron chi connectivity index (χ0n) is 9.44. The molecule has 18 heavy (non-hydrogen) atoms. The summed E-state index contributed by atoms with van der Waals surface area (Å²) in [6, 6.07) is 13.1. The molecule has 1 aliphatic carbocycles. The van der Waals surface area contributed by atoms with Crippen LogP contribution in [0, 0.1) is 0 Å². The van der Waals surface area contributed by atoms with Crippen LogP contribution in [0.2, 0.25) is 0 Å². The lowest BCUT2D eigenvalue weighted by molar-refractivity contribution is 0.104. The first-order chi connectivity index (χ1) is 8.66. The van der Waals surface area contributed by atoms with Crippen LogP contribution in [-0.4, -0.2) is 10.9 Å². The molecule has 0 unspecified atom stereocenters. The molecule has 0 atom stereocenters. The van der Waals surface area contributed by atoms with Gasteiger partial charge in [0.25, 0.3) is 0 Å². The molecule has 2 aromatic carbocycles. The van der Waals surface area contributed by atoms with E-state index in [2.05, 4.69) is 5.32 Å². The Labute approximate surface area is 110 Å². The van der Waals surface area contributed by atoms with Crippen LogP contribution >= 0.6 is 12.2 Å². The molecular weight excluding hydrogens is 244 g/mol. The number of thiocarbonyl (C=S) groups is 1. The molecule has 3 N–H and O–H groups in total. The van der Waals surface area contributed by atoms with E-state index in [4.69, 9.17) is 18.0 Å². The summed E-state index contributed by atoms with van der Waals surface area (Å²) in [5, 5.41) is 3.09. The molecule has 2 aromatic rings. The number of nitrogens with one attached hydrogen (secondary N) is 1. The molecule has 0 fully saturated rings. The fraction of sp³-hybridized carbons (Fsp3) is 0. The van der Waals surface area contributed by atoms with Crippen LogP contribution in [0.15, 0.2) is 42.5 Å². The molecule has 3 nitrogen and oxygen atoms in total. The van der Waals surface area contributed by atoms with Gasteiger partial charge in [0.05, 0.1) is 0 Å². The Balaban J connectivity index is 2.17. The third kappa shape index (κ3) is 1.58. The van der Waals surface area contributed by atoms with Gasteiger partial charge in [-0.05, 0) is 41.5 Å². The van der Waals surface area contributed by atoms with E-state index in [1.54, 1.807) is 6.07 Å². The number of carbonyl (C=O) groups is 1. The SMILES string of the molecule is NC(=S)Nc1ccc2c(c1)-c1ccccc1C2=O. The van der Waals surface area contributed by atoms with E-state index >= 15 is 0 Å². The van der Waals surface area contributed by atoms with Gasteiger partial charge in [0.2, 0.25) is 0 Å². The third-order valence-electron chi connectivity index (χ3n) is 2.99. The molecule has 4 heteroatoms. The largest absolute Gasteiger partial charge is 0.376 e. The summed E-state index contributed by atoms with van der Waals surface area (Å²) < 4.78 is 0. The number of hydrogen-bond donors (Lipinski definition) is 2. The highest BCUT2D eigenvalue weighted by molar-refractivity contribution is 7.80. The zero-order valence-corrected chi connectivity index (χ0v) is 10.3. The predicted molar refractivity (Wildman–Crippen MR) is 75.7 cm³/mol. The first-order valence-electron chi connectivity index (χ1n) is 5.51. The summed E-state index contributed by atoms with van der Waals surface area (Å²) in [6.07, 6.45) is 0. The van der Waals surface area contributed by atoms with Crippen molar-refractivity contribution < 1.29 is 4.79 Å². The number of ketones is 1. The highest BCUT2D eigenvalue weighted by Crippen LogP contribution is 2.37. The van der Waals surface area contributed by atoms with Gasteiger partial charge in [-0.25, -0.2) is 0 Å². The van der Waals surface area contributed by atoms with E-state index in [1.807, 2.05) is 36.4 Å². The summed E-state index contributed by atoms with van der Waals surface area (Å²) in [6.45, 7) is 0. The highest BCUT2D eigenvalue weighted by Gasteiger charge is 2.25. The van der Waals surface area contributed by atoms with Crippen molar-refractivity contribution in [2.45, 2.75) is 0 Å². The Morgan fingerprint density at radius 2 is 1.67 bits per heavy atom. The van der Waals surface area contributed by atoms with E-state index in [9.17, 15) is 4.79 Å². The van der Waals surface area contributed by atoms with Gasteiger partial charge in [-0.1, -0.05) is 24.3 Å². The lowest BCUT2D eigenvalue weighted by Gasteiger charge is -2.06. The second-order valence-electron chi connectivity index (χ2n) is 4.12. The number of carbonyl (C=O) groups excluding carboxylic acids is 1. The number of benzene rings is 2. The monoisotopic (exact) mass is 254 g/mol. The van der Waals surface area contributed by atoms with Crippen molar-refractivity contribution in [1.82, 2.24) is 0 Å². The maximum absolute atomic E-state index is 12.2. The van der Waals surface area contributed by atoms with Crippen LogP contribution < -0.4 is 11.1 Å². The Bertz CT molecular complexity index is 679. The molecule has 1 aliphatic rings. The number of fused-ring (bicyclic) bond motifs is 3. The molecule has 0 aromatic heterocycles. The van der Waals surface area contributed by atoms with Gasteiger partial charge in [-0.3, -0.25) is 4.79 Å². The molecule has 0 aliphatic heterocycles. The minimum absolute atomic E-state index is 0.0717. The highest BCUT2D eigenvalue weighted by atomic mass is 32.1. The summed E-state index contributed by atoms with van der Waals surface area (Å²) in [5.74, 6) is 0.0717. The first kappa shape index (κ1) is 10.9. The number of nitrogens with two attached hydrogens (primary N) is 1. The normalized spacial score (nSPS) is 11.9. The maximum atomic E-state index is 12.2. The second kappa shape index (κ2) is 3.92. The maximum Gasteiger partial charge on any atom is 0.194 e. The first-order valence-corrected chi connectivity index (χ1v) is 5.92. The lowest BCUT2D eigenvalue weighted by Crippen LogP contribution is -2.18. The van der Waals surface area contributed by atoms with E-state index in [1.165, 1.54) is 0 Å². The Morgan fingerprint density at radius 3 is 2.39 bits per heavy atom. The van der Waals surface area contributed by atoms with Gasteiger partial charge in [0, 0.05) is 16.8 Å². The van der Waals surface area contributed by atoms with Crippen LogP contribution in [-0.2, 0) is 0 Å². The molecule has 0 radical (unpaired) electrons. The van der Waals surface area contributed by atoms with Crippen LogP contribution in [0.3, 0.4) is 0 Å². The standard InChI is InChI=1S/C14H10N2OS/c15-14(18)16-8-5-6-11-12(7-8)9-3-1-2-4-10(9)13(11)17/h1-7H,(H3,15,16,18). The number of rotatable bonds is 1. The number of anilines is 1. The van der Waals surface area contributed by atoms with Crippen LogP contribution in [0.4, 0.5) is 5.69 Å². The van der Waals surface area contributed by atoms with Gasteiger partial charge in [0.1, 0.15) is 0 Å². The van der Waals surface area contributed by atoms with Crippen LogP contribution in [0.25, 0.3) is 11.1 Å². The summed E-state index contributed by atoms with van der Waals surface area (Å²) in [5.41, 5.74) is 9.61. The quantitative estimate of drug-likeness (QED) is 0.655. The Kier molecular flexibility index (Phi) is 2.38. The van der Waals surface area contributed by atoms with E-state index in [0.29, 0.717) is 0 Å². The van der Waals surface area contributed by atoms with Crippen molar-refractivity contribution in [3.05, 3.63) is 53.6 Å². The molecule has 0 heterocycles. The van der Waals surface area contributed by atoms with Gasteiger partial charge in [-0.2, -0.15) is 0 Å². The van der Waals surface area contributed by atoms with Gasteiger partial charge in [-0.15, -0.1) is 0 Å². The molecule has 0 saturated carbocycles. The van der Waals surface area contributed by atoms with Crippen molar-refractivity contribution >= 4 is 28.8 Å². The lowest BCUT2D eigenvalue weighted by atomic mass is 10.1. The zero-order chi connectivity index (χ0) is 12.7. The molecule has 0 saturated heterocycles. The fourth-order valence-electron chi connectivity index (χ4n) is 2.25. The minimum atomic E-state index is 0.0717. The molecule has 88 valence electrons. The van der Waals surface area contributed by atoms with Crippen molar-refractivity contribution in [3.63, 3.8) is 0 Å². The van der Waals surface area contributed by atoms with E-state index in [0.717, 1.165) is 27.9 Å². The number of hydrogen-bond acceptors (Lipinski definition) is 2. The average molecular weight is 254 g/mol. The summed E-state index contributed by atoms with van der Waals surface area (Å²) >= 11 is 4.81. The third-order valence-corrected chi connectivity index (χ3v) is 3.10. The van der Waals surface area contributed by atoms with E-state index in [-0.39, 0.29) is 10.9 Å². The second-order valence-corrected chi connectivity index (χ2v) is 4.56. The van der Waals surface area contributed by atoms with E-state index < -0.39 is 0 Å². The Hall–Kier alpha value is -2.20. The summed E-state index contributed by atoms with van der Waals surface area (Å²) in [4.78, 5) is 12.2. The molecule has 0 amide bonds. The topological polar surface area (TPSA) is 55.1 Å². The molecular formula is C14H10N2OS. The molecule has 0 bridgehead atoms. The van der Waals surface area contributed by atoms with Crippen molar-refractivity contribution in [2.24, 2.45) is 5.73 Å². The minimum Gasteiger partial charge on any atom is -0.376 e. The van der Waals surface area contributed by atoms with Gasteiger partial charge in [0.15, 0.2) is 10.9 Å². The van der Waals surface area contributed by atoms with Crippen LogP contribution in [0.5, 0.6) is 0 Å². The van der Waals surface area contributed by atoms with Crippen molar-refractivity contribution in [3.8, 4) is 11.1 Å². The predicted octanol–water partition coefficient (Wildman–Crippen LogP) is 2.55. The average Bonchev–Trinajstić information content (AvgIpc) is 2.63. The van der Waals surface area contributed by atoms with Gasteiger partial charge >= 0.3 is 0 Å². The summed E-state index contributed by atoms with van der Waals surface area (Å²) in [7, 11) is 0. The van der Waals surface area contributed by atoms with Gasteiger partial charge < -0.3 is 11.1 Å². The van der Waals surface area contributed by atoms with Crippen molar-refractivity contribution in [1.29, 1.82) is 0 Å². The fourth-order valence-corrected chi connectivity index (χ4v) is 2.36. The Morgan fingerprint density at radius 1 is 1.00 bits per heavy atom. The van der Waals surface area contributed by atoms with Crippen molar-refractivity contribution in [2.75, 3.05) is 5.32 Å². The smallest absolute Gasteiger partial charge is 0.194 e. The molecule has 0 spiro atoms. The van der Waals surface area contributed by atoms with Crippen LogP contribution in [0.1, 0.15) is 15.9 Å².